The van der Waals surface area contributed by atoms with Crippen molar-refractivity contribution in [3.8, 4) is 23.0 Å². The zero-order valence-corrected chi connectivity index (χ0v) is 14.9. The van der Waals surface area contributed by atoms with E-state index in [2.05, 4.69) is 0 Å². The van der Waals surface area contributed by atoms with E-state index in [0.717, 1.165) is 0 Å². The molecule has 2 aliphatic rings. The first-order valence-electron chi connectivity index (χ1n) is 9.06. The lowest BCUT2D eigenvalue weighted by atomic mass is 10.0. The van der Waals surface area contributed by atoms with Crippen LogP contribution in [-0.2, 0) is 0 Å². The molecule has 0 bridgehead atoms. The van der Waals surface area contributed by atoms with Crippen molar-refractivity contribution in [2.45, 2.75) is 19.3 Å². The molecule has 0 aliphatic carbocycles. The van der Waals surface area contributed by atoms with Crippen LogP contribution in [-0.4, -0.2) is 38.0 Å². The van der Waals surface area contributed by atoms with Gasteiger partial charge in [-0.05, 0) is 42.8 Å². The topological polar surface area (TPSA) is 71.1 Å². The maximum Gasteiger partial charge on any atom is 0.163 e. The predicted octanol–water partition coefficient (Wildman–Crippen LogP) is 3.46. The third-order valence-electron chi connectivity index (χ3n) is 4.54. The maximum absolute atomic E-state index is 12.4. The zero-order valence-electron chi connectivity index (χ0n) is 14.9. The van der Waals surface area contributed by atoms with Gasteiger partial charge in [-0.25, -0.2) is 0 Å². The van der Waals surface area contributed by atoms with Gasteiger partial charge in [0.15, 0.2) is 34.6 Å². The van der Waals surface area contributed by atoms with Crippen LogP contribution in [0.3, 0.4) is 0 Å². The van der Waals surface area contributed by atoms with Crippen molar-refractivity contribution in [2.24, 2.45) is 0 Å². The van der Waals surface area contributed by atoms with Crippen LogP contribution in [0, 0.1) is 0 Å². The molecule has 0 N–H and O–H groups in total. The van der Waals surface area contributed by atoms with Crippen LogP contribution >= 0.6 is 0 Å². The van der Waals surface area contributed by atoms with Gasteiger partial charge in [0.05, 0.1) is 0 Å². The minimum absolute atomic E-state index is 0.0121. The molecule has 0 amide bonds. The van der Waals surface area contributed by atoms with E-state index < -0.39 is 0 Å². The van der Waals surface area contributed by atoms with Gasteiger partial charge < -0.3 is 18.9 Å². The van der Waals surface area contributed by atoms with Crippen LogP contribution in [0.1, 0.15) is 40.0 Å². The highest BCUT2D eigenvalue weighted by Gasteiger charge is 2.17. The van der Waals surface area contributed by atoms with Crippen molar-refractivity contribution in [3.05, 3.63) is 47.5 Å². The van der Waals surface area contributed by atoms with Gasteiger partial charge in [-0.3, -0.25) is 9.59 Å². The highest BCUT2D eigenvalue weighted by molar-refractivity contribution is 5.99. The van der Waals surface area contributed by atoms with Crippen LogP contribution in [0.4, 0.5) is 0 Å². The second-order valence-electron chi connectivity index (χ2n) is 6.42. The summed E-state index contributed by atoms with van der Waals surface area (Å²) < 4.78 is 21.9. The molecular formula is C21H20O6. The Bertz CT molecular complexity index is 801. The Labute approximate surface area is 157 Å². The molecule has 2 aromatic rings. The van der Waals surface area contributed by atoms with Gasteiger partial charge in [-0.1, -0.05) is 0 Å². The highest BCUT2D eigenvalue weighted by atomic mass is 16.6. The number of hydrogen-bond donors (Lipinski definition) is 0. The molecular weight excluding hydrogens is 348 g/mol. The fourth-order valence-electron chi connectivity index (χ4n) is 3.13. The van der Waals surface area contributed by atoms with E-state index in [1.165, 1.54) is 0 Å². The first kappa shape index (κ1) is 17.4. The molecule has 0 radical (unpaired) electrons. The van der Waals surface area contributed by atoms with Crippen molar-refractivity contribution in [1.82, 2.24) is 0 Å². The average molecular weight is 368 g/mol. The quantitative estimate of drug-likeness (QED) is 0.727. The maximum atomic E-state index is 12.4. The zero-order chi connectivity index (χ0) is 18.6. The minimum Gasteiger partial charge on any atom is -0.486 e. The lowest BCUT2D eigenvalue weighted by molar-refractivity contribution is 0.0956. The molecule has 6 heteroatoms. The molecule has 140 valence electrons. The van der Waals surface area contributed by atoms with E-state index >= 15 is 0 Å². The van der Waals surface area contributed by atoms with Crippen molar-refractivity contribution >= 4 is 11.6 Å². The number of rotatable bonds is 6. The van der Waals surface area contributed by atoms with E-state index in [1.807, 2.05) is 0 Å². The molecule has 0 saturated carbocycles. The standard InChI is InChI=1S/C21H20O6/c22-16(14-4-6-18-20(12-14)26-10-8-24-18)2-1-3-17(23)15-5-7-19-21(13-15)27-11-9-25-19/h4-7,12-13H,1-3,8-11H2. The van der Waals surface area contributed by atoms with E-state index in [9.17, 15) is 9.59 Å². The molecule has 27 heavy (non-hydrogen) atoms. The lowest BCUT2D eigenvalue weighted by Gasteiger charge is -2.18. The third-order valence-corrected chi connectivity index (χ3v) is 4.54. The van der Waals surface area contributed by atoms with Crippen molar-refractivity contribution < 1.29 is 28.5 Å². The molecule has 0 unspecified atom stereocenters. The van der Waals surface area contributed by atoms with Gasteiger partial charge in [0.2, 0.25) is 0 Å². The Morgan fingerprint density at radius 3 is 1.48 bits per heavy atom. The number of carbonyl (C=O) groups is 2. The molecule has 0 atom stereocenters. The average Bonchev–Trinajstić information content (AvgIpc) is 2.72. The number of hydrogen-bond acceptors (Lipinski definition) is 6. The van der Waals surface area contributed by atoms with Crippen LogP contribution in [0.5, 0.6) is 23.0 Å². The van der Waals surface area contributed by atoms with Crippen molar-refractivity contribution in [3.63, 3.8) is 0 Å². The smallest absolute Gasteiger partial charge is 0.163 e. The summed E-state index contributed by atoms with van der Waals surface area (Å²) in [6, 6.07) is 10.4. The van der Waals surface area contributed by atoms with Gasteiger partial charge in [-0.15, -0.1) is 0 Å². The number of Topliss-reactive ketones (excluding diaryl/α,β-unsaturated/α-hetero) is 2. The van der Waals surface area contributed by atoms with E-state index in [-0.39, 0.29) is 11.6 Å². The van der Waals surface area contributed by atoms with Gasteiger partial charge in [-0.2, -0.15) is 0 Å². The molecule has 0 fully saturated rings. The van der Waals surface area contributed by atoms with Crippen LogP contribution < -0.4 is 18.9 Å². The Kier molecular flexibility index (Phi) is 4.96. The summed E-state index contributed by atoms with van der Waals surface area (Å²) in [7, 11) is 0. The summed E-state index contributed by atoms with van der Waals surface area (Å²) in [5.74, 6) is 2.49. The molecule has 0 spiro atoms. The summed E-state index contributed by atoms with van der Waals surface area (Å²) in [5, 5.41) is 0. The third kappa shape index (κ3) is 3.89. The Balaban J connectivity index is 1.32. The summed E-state index contributed by atoms with van der Waals surface area (Å²) in [5.41, 5.74) is 1.15. The predicted molar refractivity (Wildman–Crippen MR) is 97.4 cm³/mol. The monoisotopic (exact) mass is 368 g/mol. The van der Waals surface area contributed by atoms with Gasteiger partial charge in [0, 0.05) is 24.0 Å². The molecule has 6 nitrogen and oxygen atoms in total. The molecule has 2 aromatic carbocycles. The Hall–Kier alpha value is -3.02. The first-order chi connectivity index (χ1) is 13.2. The molecule has 2 heterocycles. The summed E-state index contributed by atoms with van der Waals surface area (Å²) >= 11 is 0. The van der Waals surface area contributed by atoms with E-state index in [1.54, 1.807) is 36.4 Å². The normalized spacial score (nSPS) is 14.5. The number of carbonyl (C=O) groups excluding carboxylic acids is 2. The fraction of sp³-hybridized carbons (Fsp3) is 0.333. The highest BCUT2D eigenvalue weighted by Crippen LogP contribution is 2.32. The largest absolute Gasteiger partial charge is 0.486 e. The van der Waals surface area contributed by atoms with Crippen molar-refractivity contribution in [2.75, 3.05) is 26.4 Å². The van der Waals surface area contributed by atoms with Crippen LogP contribution in [0.15, 0.2) is 36.4 Å². The van der Waals surface area contributed by atoms with Crippen molar-refractivity contribution in [1.29, 1.82) is 0 Å². The van der Waals surface area contributed by atoms with Gasteiger partial charge in [0.1, 0.15) is 26.4 Å². The van der Waals surface area contributed by atoms with E-state index in [4.69, 9.17) is 18.9 Å². The number of benzene rings is 2. The summed E-state index contributed by atoms with van der Waals surface area (Å²) in [6.07, 6.45) is 1.09. The number of fused-ring (bicyclic) bond motifs is 2. The second kappa shape index (κ2) is 7.70. The minimum atomic E-state index is -0.0121. The Morgan fingerprint density at radius 2 is 1.04 bits per heavy atom. The Morgan fingerprint density at radius 1 is 0.630 bits per heavy atom. The number of ether oxygens (including phenoxy) is 4. The molecule has 2 aliphatic heterocycles. The van der Waals surface area contributed by atoms with Gasteiger partial charge >= 0.3 is 0 Å². The summed E-state index contributed by atoms with van der Waals surface area (Å²) in [6.45, 7) is 1.99. The number of ketones is 2. The summed E-state index contributed by atoms with van der Waals surface area (Å²) in [4.78, 5) is 24.8. The molecule has 0 aromatic heterocycles. The van der Waals surface area contributed by atoms with E-state index in [0.29, 0.717) is 79.8 Å². The van der Waals surface area contributed by atoms with Crippen LogP contribution in [0.25, 0.3) is 0 Å². The fourth-order valence-corrected chi connectivity index (χ4v) is 3.13. The SMILES string of the molecule is O=C(CCCC(=O)c1ccc2c(c1)OCCO2)c1ccc2c(c1)OCCO2. The molecule has 0 saturated heterocycles. The second-order valence-corrected chi connectivity index (χ2v) is 6.42. The van der Waals surface area contributed by atoms with Gasteiger partial charge in [0.25, 0.3) is 0 Å². The van der Waals surface area contributed by atoms with Crippen LogP contribution in [0.2, 0.25) is 0 Å². The lowest BCUT2D eigenvalue weighted by Crippen LogP contribution is -2.16. The first-order valence-corrected chi connectivity index (χ1v) is 9.06. The molecule has 4 rings (SSSR count).